The van der Waals surface area contributed by atoms with Gasteiger partial charge >= 0.3 is 6.03 Å². The molecule has 1 aliphatic heterocycles. The van der Waals surface area contributed by atoms with E-state index in [0.29, 0.717) is 25.1 Å². The van der Waals surface area contributed by atoms with Gasteiger partial charge in [-0.15, -0.1) is 11.3 Å². The number of aryl methyl sites for hydroxylation is 1. The number of urea groups is 1. The SMILES string of the molecule is Cc1ccc(F)c2c1N(CC(=O)NC(=O)NCc1cccs1)CCC2. The molecule has 0 aliphatic carbocycles. The van der Waals surface area contributed by atoms with Gasteiger partial charge in [0.15, 0.2) is 0 Å². The normalized spacial score (nSPS) is 13.3. The molecule has 1 aliphatic rings. The largest absolute Gasteiger partial charge is 0.362 e. The van der Waals surface area contributed by atoms with Crippen LogP contribution in [0.15, 0.2) is 29.6 Å². The van der Waals surface area contributed by atoms with Crippen LogP contribution in [0.25, 0.3) is 0 Å². The van der Waals surface area contributed by atoms with Gasteiger partial charge in [0, 0.05) is 22.7 Å². The van der Waals surface area contributed by atoms with Crippen molar-refractivity contribution < 1.29 is 14.0 Å². The standard InChI is InChI=1S/C18H20FN3O2S/c1-12-6-7-15(19)14-5-2-8-22(17(12)14)11-16(23)21-18(24)20-10-13-4-3-9-25-13/h3-4,6-7,9H,2,5,8,10-11H2,1H3,(H2,20,21,23,24). The third-order valence-corrected chi connectivity index (χ3v) is 5.07. The quantitative estimate of drug-likeness (QED) is 0.880. The van der Waals surface area contributed by atoms with Gasteiger partial charge in [-0.2, -0.15) is 0 Å². The lowest BCUT2D eigenvalue weighted by atomic mass is 9.97. The van der Waals surface area contributed by atoms with Crippen LogP contribution in [0.2, 0.25) is 0 Å². The fourth-order valence-corrected chi connectivity index (χ4v) is 3.73. The van der Waals surface area contributed by atoms with Crippen LogP contribution in [0, 0.1) is 12.7 Å². The number of thiophene rings is 1. The summed E-state index contributed by atoms with van der Waals surface area (Å²) in [4.78, 5) is 26.9. The van der Waals surface area contributed by atoms with Crippen molar-refractivity contribution in [1.29, 1.82) is 0 Å². The first-order valence-corrected chi connectivity index (χ1v) is 9.05. The van der Waals surface area contributed by atoms with Gasteiger partial charge in [0.1, 0.15) is 5.82 Å². The van der Waals surface area contributed by atoms with Crippen molar-refractivity contribution in [2.75, 3.05) is 18.0 Å². The number of carbonyl (C=O) groups excluding carboxylic acids is 2. The molecule has 2 heterocycles. The molecule has 25 heavy (non-hydrogen) atoms. The lowest BCUT2D eigenvalue weighted by Crippen LogP contribution is -2.45. The van der Waals surface area contributed by atoms with Crippen LogP contribution < -0.4 is 15.5 Å². The maximum absolute atomic E-state index is 14.0. The zero-order valence-corrected chi connectivity index (χ0v) is 14.8. The molecule has 7 heteroatoms. The van der Waals surface area contributed by atoms with Crippen molar-refractivity contribution in [3.8, 4) is 0 Å². The topological polar surface area (TPSA) is 61.4 Å². The van der Waals surface area contributed by atoms with Gasteiger partial charge in [-0.3, -0.25) is 10.1 Å². The molecular formula is C18H20FN3O2S. The minimum atomic E-state index is -0.522. The summed E-state index contributed by atoms with van der Waals surface area (Å²) in [5.74, 6) is -0.639. The molecule has 0 atom stereocenters. The molecular weight excluding hydrogens is 341 g/mol. The molecule has 2 aromatic rings. The van der Waals surface area contributed by atoms with Gasteiger partial charge in [0.2, 0.25) is 5.91 Å². The Morgan fingerprint density at radius 3 is 2.92 bits per heavy atom. The number of rotatable bonds is 4. The van der Waals surface area contributed by atoms with Crippen molar-refractivity contribution in [1.82, 2.24) is 10.6 Å². The van der Waals surface area contributed by atoms with E-state index in [1.807, 2.05) is 29.3 Å². The summed E-state index contributed by atoms with van der Waals surface area (Å²) in [6.45, 7) is 2.99. The zero-order valence-electron chi connectivity index (χ0n) is 14.0. The number of nitrogens with zero attached hydrogens (tertiary/aromatic N) is 1. The number of carbonyl (C=O) groups is 2. The number of hydrogen-bond acceptors (Lipinski definition) is 4. The van der Waals surface area contributed by atoms with E-state index in [-0.39, 0.29) is 12.4 Å². The summed E-state index contributed by atoms with van der Waals surface area (Å²) in [7, 11) is 0. The zero-order chi connectivity index (χ0) is 17.8. The third kappa shape index (κ3) is 4.17. The first-order valence-electron chi connectivity index (χ1n) is 8.17. The molecule has 0 saturated carbocycles. The van der Waals surface area contributed by atoms with Gasteiger partial charge in [-0.05, 0) is 42.8 Å². The van der Waals surface area contributed by atoms with Crippen LogP contribution in [0.5, 0.6) is 0 Å². The van der Waals surface area contributed by atoms with Crippen LogP contribution in [0.1, 0.15) is 22.4 Å². The molecule has 0 radical (unpaired) electrons. The summed E-state index contributed by atoms with van der Waals surface area (Å²) in [6.07, 6.45) is 1.45. The van der Waals surface area contributed by atoms with Crippen molar-refractivity contribution in [3.63, 3.8) is 0 Å². The molecule has 1 aromatic heterocycles. The van der Waals surface area contributed by atoms with Crippen LogP contribution in [-0.4, -0.2) is 25.0 Å². The average Bonchev–Trinajstić information content (AvgIpc) is 3.10. The highest BCUT2D eigenvalue weighted by Gasteiger charge is 2.24. The predicted octanol–water partition coefficient (Wildman–Crippen LogP) is 2.97. The van der Waals surface area contributed by atoms with Crippen LogP contribution >= 0.6 is 11.3 Å². The van der Waals surface area contributed by atoms with Gasteiger partial charge < -0.3 is 10.2 Å². The predicted molar refractivity (Wildman–Crippen MR) is 96.4 cm³/mol. The molecule has 132 valence electrons. The Morgan fingerprint density at radius 1 is 1.32 bits per heavy atom. The van der Waals surface area contributed by atoms with E-state index in [0.717, 1.165) is 22.5 Å². The number of nitrogens with one attached hydrogen (secondary N) is 2. The van der Waals surface area contributed by atoms with Crippen LogP contribution in [-0.2, 0) is 17.8 Å². The second-order valence-electron chi connectivity index (χ2n) is 6.03. The Bertz CT molecular complexity index is 777. The van der Waals surface area contributed by atoms with Gasteiger partial charge in [-0.25, -0.2) is 9.18 Å². The minimum absolute atomic E-state index is 0.0315. The summed E-state index contributed by atoms with van der Waals surface area (Å²) in [5.41, 5.74) is 2.37. The van der Waals surface area contributed by atoms with Crippen molar-refractivity contribution >= 4 is 29.0 Å². The van der Waals surface area contributed by atoms with Crippen molar-refractivity contribution in [3.05, 3.63) is 51.5 Å². The Kier molecular flexibility index (Phi) is 5.33. The van der Waals surface area contributed by atoms with E-state index in [2.05, 4.69) is 10.6 Å². The first kappa shape index (κ1) is 17.4. The monoisotopic (exact) mass is 361 g/mol. The number of benzene rings is 1. The number of hydrogen-bond donors (Lipinski definition) is 2. The number of amides is 3. The molecule has 0 saturated heterocycles. The van der Waals surface area contributed by atoms with E-state index in [1.165, 1.54) is 17.4 Å². The molecule has 0 bridgehead atoms. The molecule has 3 amide bonds. The first-order chi connectivity index (χ1) is 12.0. The molecule has 0 spiro atoms. The summed E-state index contributed by atoms with van der Waals surface area (Å²) >= 11 is 1.54. The highest BCUT2D eigenvalue weighted by atomic mass is 32.1. The molecule has 5 nitrogen and oxygen atoms in total. The molecule has 3 rings (SSSR count). The Balaban J connectivity index is 1.59. The lowest BCUT2D eigenvalue weighted by Gasteiger charge is -2.32. The van der Waals surface area contributed by atoms with Crippen LogP contribution in [0.4, 0.5) is 14.9 Å². The number of imide groups is 1. The highest BCUT2D eigenvalue weighted by Crippen LogP contribution is 2.32. The fourth-order valence-electron chi connectivity index (χ4n) is 3.09. The van der Waals surface area contributed by atoms with E-state index in [4.69, 9.17) is 0 Å². The van der Waals surface area contributed by atoms with E-state index in [9.17, 15) is 14.0 Å². The molecule has 0 unspecified atom stereocenters. The minimum Gasteiger partial charge on any atom is -0.362 e. The lowest BCUT2D eigenvalue weighted by molar-refractivity contribution is -0.118. The van der Waals surface area contributed by atoms with Gasteiger partial charge in [-0.1, -0.05) is 12.1 Å². The highest BCUT2D eigenvalue weighted by molar-refractivity contribution is 7.09. The summed E-state index contributed by atoms with van der Waals surface area (Å²) < 4.78 is 14.0. The fraction of sp³-hybridized carbons (Fsp3) is 0.333. The Labute approximate surface area is 149 Å². The maximum Gasteiger partial charge on any atom is 0.321 e. The van der Waals surface area contributed by atoms with Crippen molar-refractivity contribution in [2.24, 2.45) is 0 Å². The Morgan fingerprint density at radius 2 is 2.16 bits per heavy atom. The van der Waals surface area contributed by atoms with E-state index in [1.54, 1.807) is 6.07 Å². The van der Waals surface area contributed by atoms with Crippen molar-refractivity contribution in [2.45, 2.75) is 26.3 Å². The number of fused-ring (bicyclic) bond motifs is 1. The second-order valence-corrected chi connectivity index (χ2v) is 7.06. The Hall–Kier alpha value is -2.41. The number of halogens is 1. The summed E-state index contributed by atoms with van der Waals surface area (Å²) in [5, 5.41) is 6.91. The van der Waals surface area contributed by atoms with E-state index < -0.39 is 11.9 Å². The summed E-state index contributed by atoms with van der Waals surface area (Å²) in [6, 6.07) is 6.48. The third-order valence-electron chi connectivity index (χ3n) is 4.19. The maximum atomic E-state index is 14.0. The van der Waals surface area contributed by atoms with E-state index >= 15 is 0 Å². The van der Waals surface area contributed by atoms with Crippen LogP contribution in [0.3, 0.4) is 0 Å². The van der Waals surface area contributed by atoms with Gasteiger partial charge in [0.05, 0.1) is 13.1 Å². The second kappa shape index (κ2) is 7.65. The molecule has 1 aromatic carbocycles. The van der Waals surface area contributed by atoms with Gasteiger partial charge in [0.25, 0.3) is 0 Å². The molecule has 0 fully saturated rings. The molecule has 2 N–H and O–H groups in total. The smallest absolute Gasteiger partial charge is 0.321 e. The number of anilines is 1. The average molecular weight is 361 g/mol.